The summed E-state index contributed by atoms with van der Waals surface area (Å²) < 4.78 is 8.87. The number of nitrogens with zero attached hydrogens (tertiary/aromatic N) is 3. The van der Waals surface area contributed by atoms with Crippen LogP contribution in [0.1, 0.15) is 0 Å². The van der Waals surface area contributed by atoms with Crippen molar-refractivity contribution in [1.82, 2.24) is 9.55 Å². The minimum absolute atomic E-state index is 0.871. The number of para-hydroxylation sites is 2. The Hall–Kier alpha value is -7.43. The maximum Gasteiger partial charge on any atom is 0.144 e. The summed E-state index contributed by atoms with van der Waals surface area (Å²) >= 11 is 0. The second-order valence-electron chi connectivity index (χ2n) is 14.0. The summed E-state index contributed by atoms with van der Waals surface area (Å²) in [6.45, 7) is 0. The maximum atomic E-state index is 6.50. The Morgan fingerprint density at radius 3 is 1.80 bits per heavy atom. The van der Waals surface area contributed by atoms with Crippen molar-refractivity contribution < 1.29 is 4.42 Å². The van der Waals surface area contributed by atoms with Crippen LogP contribution >= 0.6 is 0 Å². The molecule has 0 aliphatic rings. The van der Waals surface area contributed by atoms with Crippen LogP contribution in [0.5, 0.6) is 0 Å². The van der Waals surface area contributed by atoms with Gasteiger partial charge in [0.25, 0.3) is 0 Å². The van der Waals surface area contributed by atoms with E-state index in [0.29, 0.717) is 0 Å². The second-order valence-corrected chi connectivity index (χ2v) is 14.0. The monoisotopic (exact) mass is 703 g/mol. The molecule has 3 aromatic heterocycles. The summed E-state index contributed by atoms with van der Waals surface area (Å²) in [5, 5.41) is 6.83. The van der Waals surface area contributed by atoms with Crippen LogP contribution in [0.3, 0.4) is 0 Å². The number of aromatic nitrogens is 2. The molecule has 0 atom stereocenters. The number of benzene rings is 8. The molecule has 4 heteroatoms. The molecule has 0 radical (unpaired) electrons. The summed E-state index contributed by atoms with van der Waals surface area (Å²) in [6.07, 6.45) is 3.71. The molecule has 4 nitrogen and oxygen atoms in total. The van der Waals surface area contributed by atoms with Crippen molar-refractivity contribution in [3.63, 3.8) is 0 Å². The van der Waals surface area contributed by atoms with Gasteiger partial charge < -0.3 is 13.9 Å². The van der Waals surface area contributed by atoms with Crippen LogP contribution in [0, 0.1) is 0 Å². The van der Waals surface area contributed by atoms with Gasteiger partial charge in [0.05, 0.1) is 11.0 Å². The molecule has 11 rings (SSSR count). The van der Waals surface area contributed by atoms with Gasteiger partial charge in [0.1, 0.15) is 11.2 Å². The second kappa shape index (κ2) is 12.6. The highest BCUT2D eigenvalue weighted by Gasteiger charge is 2.18. The first-order valence-corrected chi connectivity index (χ1v) is 18.6. The molecular weight excluding hydrogens is 671 g/mol. The molecule has 0 amide bonds. The zero-order valence-corrected chi connectivity index (χ0v) is 29.8. The molecule has 3 heterocycles. The summed E-state index contributed by atoms with van der Waals surface area (Å²) in [5.41, 5.74) is 13.1. The largest absolute Gasteiger partial charge is 0.455 e. The Morgan fingerprint density at radius 1 is 0.418 bits per heavy atom. The number of hydrogen-bond donors (Lipinski definition) is 0. The van der Waals surface area contributed by atoms with Gasteiger partial charge in [-0.2, -0.15) is 0 Å². The van der Waals surface area contributed by atoms with Gasteiger partial charge in [0.15, 0.2) is 0 Å². The van der Waals surface area contributed by atoms with E-state index in [0.717, 1.165) is 72.1 Å². The first-order chi connectivity index (χ1) is 27.3. The molecule has 8 aromatic carbocycles. The number of hydrogen-bond acceptors (Lipinski definition) is 3. The molecule has 0 aliphatic heterocycles. The van der Waals surface area contributed by atoms with Crippen molar-refractivity contribution in [2.75, 3.05) is 4.90 Å². The van der Waals surface area contributed by atoms with Crippen LogP contribution in [-0.2, 0) is 0 Å². The van der Waals surface area contributed by atoms with Gasteiger partial charge in [0.2, 0.25) is 0 Å². The van der Waals surface area contributed by atoms with Gasteiger partial charge in [-0.25, -0.2) is 0 Å². The minimum atomic E-state index is 0.871. The van der Waals surface area contributed by atoms with Gasteiger partial charge in [-0.05, 0) is 107 Å². The molecule has 0 aliphatic carbocycles. The predicted molar refractivity (Wildman–Crippen MR) is 229 cm³/mol. The van der Waals surface area contributed by atoms with Crippen LogP contribution in [0.2, 0.25) is 0 Å². The summed E-state index contributed by atoms with van der Waals surface area (Å²) in [5.74, 6) is 0. The third-order valence-electron chi connectivity index (χ3n) is 10.9. The molecule has 0 fully saturated rings. The third kappa shape index (κ3) is 5.19. The van der Waals surface area contributed by atoms with Crippen LogP contribution in [0.25, 0.3) is 82.5 Å². The lowest BCUT2D eigenvalue weighted by Crippen LogP contribution is -2.10. The topological polar surface area (TPSA) is 34.2 Å². The number of furan rings is 1. The molecule has 0 unspecified atom stereocenters. The van der Waals surface area contributed by atoms with E-state index in [1.165, 1.54) is 27.4 Å². The molecule has 11 aromatic rings. The molecule has 0 spiro atoms. The minimum Gasteiger partial charge on any atom is -0.455 e. The lowest BCUT2D eigenvalue weighted by molar-refractivity contribution is 0.672. The Balaban J connectivity index is 1.04. The van der Waals surface area contributed by atoms with E-state index in [1.807, 2.05) is 18.5 Å². The van der Waals surface area contributed by atoms with E-state index in [1.54, 1.807) is 0 Å². The van der Waals surface area contributed by atoms with E-state index in [2.05, 4.69) is 196 Å². The zero-order valence-electron chi connectivity index (χ0n) is 29.8. The van der Waals surface area contributed by atoms with E-state index >= 15 is 0 Å². The summed E-state index contributed by atoms with van der Waals surface area (Å²) in [6, 6.07) is 67.3. The fourth-order valence-electron chi connectivity index (χ4n) is 8.21. The first kappa shape index (κ1) is 31.1. The molecule has 0 saturated carbocycles. The number of rotatable bonds is 6. The quantitative estimate of drug-likeness (QED) is 0.173. The molecule has 0 N–H and O–H groups in total. The summed E-state index contributed by atoms with van der Waals surface area (Å²) in [7, 11) is 0. The Kier molecular flexibility index (Phi) is 7.14. The van der Waals surface area contributed by atoms with Crippen molar-refractivity contribution in [3.05, 3.63) is 200 Å². The lowest BCUT2D eigenvalue weighted by atomic mass is 10.0. The van der Waals surface area contributed by atoms with Crippen LogP contribution in [0.4, 0.5) is 17.1 Å². The number of pyridine rings is 1. The van der Waals surface area contributed by atoms with Crippen molar-refractivity contribution >= 4 is 71.6 Å². The highest BCUT2D eigenvalue weighted by Crippen LogP contribution is 2.41. The Morgan fingerprint density at radius 2 is 1.02 bits per heavy atom. The van der Waals surface area contributed by atoms with Gasteiger partial charge >= 0.3 is 0 Å². The Bertz CT molecular complexity index is 3180. The molecular formula is C51H33N3O. The average Bonchev–Trinajstić information content (AvgIpc) is 3.80. The SMILES string of the molecule is c1ccc(-c2ccc(N(c3ccc(-c4ccc5c(c4)oc4c6cnccc6ccc54)cc3)c3ccc4c5ccccc5n(-c5ccccc5)c4c3)cc2)cc1. The van der Waals surface area contributed by atoms with Crippen LogP contribution < -0.4 is 4.90 Å². The lowest BCUT2D eigenvalue weighted by Gasteiger charge is -2.26. The normalized spacial score (nSPS) is 11.6. The summed E-state index contributed by atoms with van der Waals surface area (Å²) in [4.78, 5) is 6.71. The fourth-order valence-corrected chi connectivity index (χ4v) is 8.21. The van der Waals surface area contributed by atoms with Gasteiger partial charge in [-0.1, -0.05) is 109 Å². The molecule has 0 saturated heterocycles. The van der Waals surface area contributed by atoms with Crippen LogP contribution in [0.15, 0.2) is 205 Å². The third-order valence-corrected chi connectivity index (χ3v) is 10.9. The van der Waals surface area contributed by atoms with Crippen molar-refractivity contribution in [2.24, 2.45) is 0 Å². The van der Waals surface area contributed by atoms with Crippen molar-refractivity contribution in [2.45, 2.75) is 0 Å². The van der Waals surface area contributed by atoms with Crippen molar-refractivity contribution in [1.29, 1.82) is 0 Å². The number of fused-ring (bicyclic) bond motifs is 8. The average molecular weight is 704 g/mol. The van der Waals surface area contributed by atoms with E-state index < -0.39 is 0 Å². The number of anilines is 3. The van der Waals surface area contributed by atoms with E-state index in [9.17, 15) is 0 Å². The van der Waals surface area contributed by atoms with E-state index in [-0.39, 0.29) is 0 Å². The highest BCUT2D eigenvalue weighted by molar-refractivity contribution is 6.15. The molecule has 0 bridgehead atoms. The van der Waals surface area contributed by atoms with E-state index in [4.69, 9.17) is 4.42 Å². The predicted octanol–water partition coefficient (Wildman–Crippen LogP) is 14.0. The Labute approximate surface area is 317 Å². The van der Waals surface area contributed by atoms with Gasteiger partial charge in [0, 0.05) is 62.1 Å². The smallest absolute Gasteiger partial charge is 0.144 e. The standard InChI is InChI=1S/C51H33N3O/c1-3-9-34(10-4-1)35-15-21-40(22-16-35)53(42-25-28-44-43-13-7-8-14-48(43)54(49(44)32-42)39-11-5-2-6-12-39)41-23-17-36(18-24-41)38-20-26-45-46-27-19-37-29-30-52-33-47(37)51(46)55-50(45)31-38/h1-33H. The fraction of sp³-hybridized carbons (Fsp3) is 0. The molecule has 55 heavy (non-hydrogen) atoms. The maximum absolute atomic E-state index is 6.50. The van der Waals surface area contributed by atoms with Gasteiger partial charge in [-0.3, -0.25) is 4.98 Å². The zero-order chi connectivity index (χ0) is 36.3. The highest BCUT2D eigenvalue weighted by atomic mass is 16.3. The van der Waals surface area contributed by atoms with Crippen LogP contribution in [-0.4, -0.2) is 9.55 Å². The van der Waals surface area contributed by atoms with Crippen molar-refractivity contribution in [3.8, 4) is 27.9 Å². The first-order valence-electron chi connectivity index (χ1n) is 18.6. The molecule has 258 valence electrons. The van der Waals surface area contributed by atoms with Gasteiger partial charge in [-0.15, -0.1) is 0 Å².